The number of hydrogen-bond donors (Lipinski definition) is 1. The zero-order valence-electron chi connectivity index (χ0n) is 17.6. The van der Waals surface area contributed by atoms with Gasteiger partial charge in [-0.25, -0.2) is 0 Å². The second kappa shape index (κ2) is 12.0. The Morgan fingerprint density at radius 2 is 1.86 bits per heavy atom. The van der Waals surface area contributed by atoms with Gasteiger partial charge in [0.15, 0.2) is 5.96 Å². The molecule has 6 heteroatoms. The minimum Gasteiger partial charge on any atom is -0.497 e. The van der Waals surface area contributed by atoms with Crippen LogP contribution in [0.4, 0.5) is 0 Å². The van der Waals surface area contributed by atoms with E-state index >= 15 is 0 Å². The fraction of sp³-hybridized carbons (Fsp3) is 0.435. The number of methoxy groups -OCH3 is 1. The number of nitrogens with one attached hydrogen (secondary N) is 1. The van der Waals surface area contributed by atoms with E-state index in [-0.39, 0.29) is 24.0 Å². The lowest BCUT2D eigenvalue weighted by atomic mass is 9.98. The predicted octanol–water partition coefficient (Wildman–Crippen LogP) is 4.41. The summed E-state index contributed by atoms with van der Waals surface area (Å²) in [5.41, 5.74) is 3.84. The molecule has 2 aromatic rings. The Balaban J connectivity index is 0.00000300. The van der Waals surface area contributed by atoms with Crippen LogP contribution >= 0.6 is 24.0 Å². The molecule has 1 N–H and O–H groups in total. The highest BCUT2D eigenvalue weighted by Gasteiger charge is 2.26. The monoisotopic (exact) mass is 509 g/mol. The van der Waals surface area contributed by atoms with E-state index in [1.165, 1.54) is 16.7 Å². The summed E-state index contributed by atoms with van der Waals surface area (Å²) in [5, 5.41) is 3.54. The Morgan fingerprint density at radius 1 is 1.14 bits per heavy atom. The third-order valence-corrected chi connectivity index (χ3v) is 5.30. The van der Waals surface area contributed by atoms with Crippen molar-refractivity contribution < 1.29 is 9.47 Å². The average Bonchev–Trinajstić information content (AvgIpc) is 3.23. The van der Waals surface area contributed by atoms with Crippen LogP contribution in [0.3, 0.4) is 0 Å². The maximum absolute atomic E-state index is 5.60. The summed E-state index contributed by atoms with van der Waals surface area (Å²) in [5.74, 6) is 2.39. The van der Waals surface area contributed by atoms with Gasteiger partial charge in [-0.2, -0.15) is 0 Å². The van der Waals surface area contributed by atoms with Gasteiger partial charge in [0.05, 0.1) is 13.7 Å². The SMILES string of the molecule is CCOCc1ccccc1CNC(=NC)N1CCC(c2ccc(OC)cc2)C1.I. The lowest BCUT2D eigenvalue weighted by Gasteiger charge is -2.22. The molecule has 158 valence electrons. The molecular formula is C23H32IN3O2. The van der Waals surface area contributed by atoms with Crippen LogP contribution < -0.4 is 10.1 Å². The van der Waals surface area contributed by atoms with E-state index in [4.69, 9.17) is 9.47 Å². The van der Waals surface area contributed by atoms with Gasteiger partial charge in [-0.05, 0) is 42.2 Å². The van der Waals surface area contributed by atoms with Crippen LogP contribution in [0.2, 0.25) is 0 Å². The number of likely N-dealkylation sites (tertiary alicyclic amines) is 1. The highest BCUT2D eigenvalue weighted by atomic mass is 127. The largest absolute Gasteiger partial charge is 0.497 e. The number of rotatable bonds is 7. The lowest BCUT2D eigenvalue weighted by Crippen LogP contribution is -2.39. The number of benzene rings is 2. The normalized spacial score (nSPS) is 16.4. The Labute approximate surface area is 191 Å². The van der Waals surface area contributed by atoms with Crippen molar-refractivity contribution in [2.75, 3.05) is 33.9 Å². The van der Waals surface area contributed by atoms with Crippen LogP contribution in [0.5, 0.6) is 5.75 Å². The first-order valence-electron chi connectivity index (χ1n) is 9.99. The van der Waals surface area contributed by atoms with Crippen LogP contribution in [-0.4, -0.2) is 44.7 Å². The van der Waals surface area contributed by atoms with Gasteiger partial charge in [-0.15, -0.1) is 24.0 Å². The molecule has 0 spiro atoms. The molecule has 1 atom stereocenters. The quantitative estimate of drug-likeness (QED) is 0.341. The van der Waals surface area contributed by atoms with Crippen LogP contribution in [0.15, 0.2) is 53.5 Å². The van der Waals surface area contributed by atoms with E-state index in [0.717, 1.165) is 44.4 Å². The number of nitrogens with zero attached hydrogens (tertiary/aromatic N) is 2. The molecule has 1 saturated heterocycles. The molecule has 1 fully saturated rings. The average molecular weight is 509 g/mol. The van der Waals surface area contributed by atoms with E-state index in [0.29, 0.717) is 12.5 Å². The van der Waals surface area contributed by atoms with Gasteiger partial charge >= 0.3 is 0 Å². The molecule has 1 unspecified atom stereocenters. The fourth-order valence-electron chi connectivity index (χ4n) is 3.69. The molecular weight excluding hydrogens is 477 g/mol. The van der Waals surface area contributed by atoms with E-state index in [1.807, 2.05) is 26.1 Å². The van der Waals surface area contributed by atoms with Crippen molar-refractivity contribution in [3.8, 4) is 5.75 Å². The molecule has 0 aliphatic carbocycles. The summed E-state index contributed by atoms with van der Waals surface area (Å²) in [6.07, 6.45) is 1.13. The Bertz CT molecular complexity index is 780. The standard InChI is InChI=1S/C23H31N3O2.HI/c1-4-28-17-21-8-6-5-7-19(21)15-25-23(24-2)26-14-13-20(16-26)18-9-11-22(27-3)12-10-18;/h5-12,20H,4,13-17H2,1-3H3,(H,24,25);1H. The zero-order chi connectivity index (χ0) is 19.8. The molecule has 5 nitrogen and oxygen atoms in total. The molecule has 2 aromatic carbocycles. The molecule has 3 rings (SSSR count). The van der Waals surface area contributed by atoms with Gasteiger partial charge in [0, 0.05) is 39.2 Å². The van der Waals surface area contributed by atoms with Crippen molar-refractivity contribution >= 4 is 29.9 Å². The zero-order valence-corrected chi connectivity index (χ0v) is 19.9. The molecule has 0 bridgehead atoms. The number of aliphatic imine (C=N–C) groups is 1. The maximum atomic E-state index is 5.60. The van der Waals surface area contributed by atoms with Crippen LogP contribution in [0.1, 0.15) is 36.0 Å². The van der Waals surface area contributed by atoms with Gasteiger partial charge < -0.3 is 19.7 Å². The van der Waals surface area contributed by atoms with E-state index in [2.05, 4.69) is 51.6 Å². The minimum absolute atomic E-state index is 0. The smallest absolute Gasteiger partial charge is 0.193 e. The number of guanidine groups is 1. The first-order chi connectivity index (χ1) is 13.7. The lowest BCUT2D eigenvalue weighted by molar-refractivity contribution is 0.133. The second-order valence-corrected chi connectivity index (χ2v) is 7.01. The van der Waals surface area contributed by atoms with Crippen molar-refractivity contribution in [3.05, 3.63) is 65.2 Å². The molecule has 29 heavy (non-hydrogen) atoms. The molecule has 1 heterocycles. The summed E-state index contributed by atoms with van der Waals surface area (Å²) >= 11 is 0. The number of halogens is 1. The number of ether oxygens (including phenoxy) is 2. The fourth-order valence-corrected chi connectivity index (χ4v) is 3.69. The van der Waals surface area contributed by atoms with Crippen molar-refractivity contribution in [1.82, 2.24) is 10.2 Å². The molecule has 0 aromatic heterocycles. The number of hydrogen-bond acceptors (Lipinski definition) is 3. The maximum Gasteiger partial charge on any atom is 0.193 e. The van der Waals surface area contributed by atoms with Crippen molar-refractivity contribution in [2.24, 2.45) is 4.99 Å². The molecule has 1 aliphatic rings. The highest BCUT2D eigenvalue weighted by molar-refractivity contribution is 14.0. The summed E-state index contributed by atoms with van der Waals surface area (Å²) in [6.45, 7) is 6.14. The first-order valence-corrected chi connectivity index (χ1v) is 9.99. The second-order valence-electron chi connectivity index (χ2n) is 7.01. The first kappa shape index (κ1) is 23.5. The van der Waals surface area contributed by atoms with E-state index < -0.39 is 0 Å². The van der Waals surface area contributed by atoms with Gasteiger partial charge in [-0.1, -0.05) is 36.4 Å². The van der Waals surface area contributed by atoms with E-state index in [9.17, 15) is 0 Å². The van der Waals surface area contributed by atoms with Crippen LogP contribution in [0.25, 0.3) is 0 Å². The Hall–Kier alpha value is -1.80. The van der Waals surface area contributed by atoms with Crippen LogP contribution in [0, 0.1) is 0 Å². The summed E-state index contributed by atoms with van der Waals surface area (Å²) < 4.78 is 10.9. The van der Waals surface area contributed by atoms with Crippen LogP contribution in [-0.2, 0) is 17.9 Å². The molecule has 0 amide bonds. The third-order valence-electron chi connectivity index (χ3n) is 5.30. The predicted molar refractivity (Wildman–Crippen MR) is 129 cm³/mol. The topological polar surface area (TPSA) is 46.1 Å². The molecule has 1 aliphatic heterocycles. The van der Waals surface area contributed by atoms with Crippen molar-refractivity contribution in [3.63, 3.8) is 0 Å². The summed E-state index contributed by atoms with van der Waals surface area (Å²) in [6, 6.07) is 16.8. The molecule has 0 radical (unpaired) electrons. The molecule has 0 saturated carbocycles. The third kappa shape index (κ3) is 6.34. The van der Waals surface area contributed by atoms with Gasteiger partial charge in [0.2, 0.25) is 0 Å². The highest BCUT2D eigenvalue weighted by Crippen LogP contribution is 2.28. The van der Waals surface area contributed by atoms with Crippen molar-refractivity contribution in [1.29, 1.82) is 0 Å². The van der Waals surface area contributed by atoms with Crippen molar-refractivity contribution in [2.45, 2.75) is 32.4 Å². The summed E-state index contributed by atoms with van der Waals surface area (Å²) in [7, 11) is 3.56. The minimum atomic E-state index is 0. The summed E-state index contributed by atoms with van der Waals surface area (Å²) in [4.78, 5) is 6.86. The van der Waals surface area contributed by atoms with Gasteiger partial charge in [0.1, 0.15) is 5.75 Å². The van der Waals surface area contributed by atoms with Gasteiger partial charge in [0.25, 0.3) is 0 Å². The van der Waals surface area contributed by atoms with E-state index in [1.54, 1.807) is 7.11 Å². The Kier molecular flexibility index (Phi) is 9.73. The van der Waals surface area contributed by atoms with Gasteiger partial charge in [-0.3, -0.25) is 4.99 Å². The Morgan fingerprint density at radius 3 is 2.52 bits per heavy atom.